The minimum Gasteiger partial charge on any atom is -0.394 e. The molecule has 2 aromatic carbocycles. The van der Waals surface area contributed by atoms with Crippen LogP contribution in [-0.2, 0) is 9.59 Å². The predicted molar refractivity (Wildman–Crippen MR) is 229 cm³/mol. The van der Waals surface area contributed by atoms with Gasteiger partial charge in [-0.3, -0.25) is 28.8 Å². The summed E-state index contributed by atoms with van der Waals surface area (Å²) in [6.45, 7) is -1.12. The monoisotopic (exact) mass is 1140 g/mol. The average Bonchev–Trinajstić information content (AvgIpc) is 3.14. The van der Waals surface area contributed by atoms with Gasteiger partial charge in [-0.05, 0) is 105 Å². The zero-order valence-electron chi connectivity index (χ0n) is 30.9. The number of aliphatic hydroxyl groups excluding tert-OH is 8. The van der Waals surface area contributed by atoms with Gasteiger partial charge in [0.1, 0.15) is 6.42 Å². The van der Waals surface area contributed by atoms with Crippen molar-refractivity contribution < 1.29 is 69.6 Å². The number of rotatable bonds is 20. The topological polar surface area (TPSA) is 347 Å². The molecule has 57 heavy (non-hydrogen) atoms. The van der Waals surface area contributed by atoms with Crippen molar-refractivity contribution in [2.75, 3.05) is 62.4 Å². The number of benzene rings is 2. The van der Waals surface area contributed by atoms with Crippen LogP contribution in [0, 0.1) is 31.5 Å². The first-order chi connectivity index (χ1) is 26.6. The van der Waals surface area contributed by atoms with Crippen molar-refractivity contribution in [2.45, 2.75) is 51.6 Å². The van der Waals surface area contributed by atoms with Crippen LogP contribution in [0.5, 0.6) is 0 Å². The smallest absolute Gasteiger partial charge is 0.253 e. The van der Waals surface area contributed by atoms with Crippen molar-refractivity contribution >= 4 is 115 Å². The first-order valence-electron chi connectivity index (χ1n) is 16.9. The van der Waals surface area contributed by atoms with Crippen molar-refractivity contribution in [3.05, 3.63) is 49.7 Å². The summed E-state index contributed by atoms with van der Waals surface area (Å²) in [5.41, 5.74) is 10.5. The van der Waals surface area contributed by atoms with Crippen LogP contribution in [0.2, 0.25) is 0 Å². The highest BCUT2D eigenvalue weighted by molar-refractivity contribution is 14.1. The van der Waals surface area contributed by atoms with E-state index in [4.69, 9.17) is 11.5 Å². The molecule has 6 amide bonds. The lowest BCUT2D eigenvalue weighted by atomic mass is 9.93. The molecule has 0 bridgehead atoms. The van der Waals surface area contributed by atoms with Crippen LogP contribution >= 0.6 is 67.8 Å². The van der Waals surface area contributed by atoms with Gasteiger partial charge in [-0.25, -0.2) is 0 Å². The maximum absolute atomic E-state index is 14.4. The van der Waals surface area contributed by atoms with E-state index in [1.54, 1.807) is 67.8 Å². The molecule has 23 heteroatoms. The van der Waals surface area contributed by atoms with Crippen LogP contribution in [0.3, 0.4) is 0 Å². The highest BCUT2D eigenvalue weighted by atomic mass is 127. The van der Waals surface area contributed by atoms with Crippen LogP contribution in [0.25, 0.3) is 0 Å². The molecule has 0 aromatic heterocycles. The van der Waals surface area contributed by atoms with Crippen LogP contribution < -0.4 is 31.9 Å². The van der Waals surface area contributed by atoms with Crippen LogP contribution in [0.1, 0.15) is 64.5 Å². The van der Waals surface area contributed by atoms with Gasteiger partial charge >= 0.3 is 0 Å². The molecule has 2 aromatic rings. The Labute approximate surface area is 367 Å². The van der Waals surface area contributed by atoms with Crippen LogP contribution in [0.4, 0.5) is 11.4 Å². The lowest BCUT2D eigenvalue weighted by molar-refractivity contribution is -0.127. The summed E-state index contributed by atoms with van der Waals surface area (Å²) in [4.78, 5) is 82.9. The van der Waals surface area contributed by atoms with Gasteiger partial charge in [0.05, 0.1) is 99.1 Å². The maximum Gasteiger partial charge on any atom is 0.253 e. The molecule has 0 radical (unpaired) electrons. The van der Waals surface area contributed by atoms with Gasteiger partial charge in [0.15, 0.2) is 0 Å². The van der Waals surface area contributed by atoms with E-state index in [1.165, 1.54) is 20.8 Å². The third-order valence-corrected chi connectivity index (χ3v) is 11.7. The molecular formula is C34H45I3N6O14. The molecule has 0 aliphatic carbocycles. The average molecular weight is 1140 g/mol. The number of halogens is 3. The maximum atomic E-state index is 14.4. The zero-order valence-corrected chi connectivity index (χ0v) is 37.4. The van der Waals surface area contributed by atoms with Crippen molar-refractivity contribution in [1.29, 1.82) is 0 Å². The highest BCUT2D eigenvalue weighted by Gasteiger charge is 2.36. The van der Waals surface area contributed by atoms with Crippen molar-refractivity contribution in [3.63, 3.8) is 0 Å². The first kappa shape index (κ1) is 50.3. The Morgan fingerprint density at radius 2 is 0.895 bits per heavy atom. The third kappa shape index (κ3) is 12.1. The van der Waals surface area contributed by atoms with Crippen molar-refractivity contribution in [1.82, 2.24) is 10.6 Å². The summed E-state index contributed by atoms with van der Waals surface area (Å²) < 4.78 is 0.0987. The van der Waals surface area contributed by atoms with E-state index in [9.17, 15) is 69.6 Å². The summed E-state index contributed by atoms with van der Waals surface area (Å²) >= 11 is 5.12. The molecule has 0 aliphatic heterocycles. The number of nitrogens with zero attached hydrogens (tertiary/aromatic N) is 2. The molecule has 316 valence electrons. The first-order valence-corrected chi connectivity index (χ1v) is 20.1. The molecule has 0 fully saturated rings. The number of nitrogens with two attached hydrogens (primary N) is 2. The minimum atomic E-state index is -1.64. The molecular weight excluding hydrogens is 1100 g/mol. The lowest BCUT2D eigenvalue weighted by Gasteiger charge is -2.32. The number of nitrogens with one attached hydrogen (secondary N) is 2. The third-order valence-electron chi connectivity index (χ3n) is 8.52. The fourth-order valence-corrected chi connectivity index (χ4v) is 10.0. The molecule has 20 nitrogen and oxygen atoms in total. The number of primary amides is 2. The van der Waals surface area contributed by atoms with Gasteiger partial charge in [0, 0.05) is 22.2 Å². The molecule has 2 rings (SSSR count). The van der Waals surface area contributed by atoms with Gasteiger partial charge in [0.25, 0.3) is 11.8 Å². The summed E-state index contributed by atoms with van der Waals surface area (Å²) in [5, 5.41) is 83.6. The quantitative estimate of drug-likeness (QED) is 0.0473. The van der Waals surface area contributed by atoms with E-state index >= 15 is 0 Å². The number of carbonyl (C=O) groups is 6. The number of anilines is 2. The molecule has 0 spiro atoms. The van der Waals surface area contributed by atoms with Crippen LogP contribution in [-0.4, -0.2) is 153 Å². The number of aliphatic hydroxyl groups is 8. The Morgan fingerprint density at radius 1 is 0.544 bits per heavy atom. The second-order valence-electron chi connectivity index (χ2n) is 12.7. The molecule has 0 saturated heterocycles. The van der Waals surface area contributed by atoms with E-state index in [2.05, 4.69) is 10.6 Å². The van der Waals surface area contributed by atoms with Gasteiger partial charge in [-0.15, -0.1) is 0 Å². The summed E-state index contributed by atoms with van der Waals surface area (Å²) in [6, 6.07) is 0. The highest BCUT2D eigenvalue weighted by Crippen LogP contribution is 2.39. The molecule has 4 atom stereocenters. The van der Waals surface area contributed by atoms with Crippen LogP contribution in [0.15, 0.2) is 0 Å². The number of hydrogen-bond donors (Lipinski definition) is 12. The molecule has 4 unspecified atom stereocenters. The number of amides is 6. The molecule has 0 heterocycles. The SMILES string of the molecule is Cc1c(C(N)=O)c(C)c(N(CC(O)CO)C(=O)CC(=O)N(CC(O)CO)c2c(C)c(C(N)=O)c(I)c(C(=O)NCC(O)CO)c2I)c(I)c1C(=O)NCC(O)CO. The normalized spacial score (nSPS) is 13.3. The summed E-state index contributed by atoms with van der Waals surface area (Å²) in [6.07, 6.45) is -7.04. The summed E-state index contributed by atoms with van der Waals surface area (Å²) in [7, 11) is 0. The van der Waals surface area contributed by atoms with E-state index in [-0.39, 0.29) is 61.0 Å². The van der Waals surface area contributed by atoms with E-state index < -0.39 is 119 Å². The van der Waals surface area contributed by atoms with Gasteiger partial charge in [0.2, 0.25) is 23.6 Å². The molecule has 0 aliphatic rings. The van der Waals surface area contributed by atoms with E-state index in [0.29, 0.717) is 0 Å². The lowest BCUT2D eigenvalue weighted by Crippen LogP contribution is -2.46. The molecule has 0 saturated carbocycles. The van der Waals surface area contributed by atoms with Gasteiger partial charge < -0.3 is 72.8 Å². The second kappa shape index (κ2) is 22.5. The fraction of sp³-hybridized carbons (Fsp3) is 0.471. The van der Waals surface area contributed by atoms with Crippen molar-refractivity contribution in [2.24, 2.45) is 11.5 Å². The fourth-order valence-electron chi connectivity index (χ4n) is 5.75. The van der Waals surface area contributed by atoms with Crippen molar-refractivity contribution in [3.8, 4) is 0 Å². The number of carbonyl (C=O) groups excluding carboxylic acids is 6. The van der Waals surface area contributed by atoms with E-state index in [1.807, 2.05) is 0 Å². The summed E-state index contributed by atoms with van der Waals surface area (Å²) in [5.74, 6) is -5.89. The Morgan fingerprint density at radius 3 is 1.26 bits per heavy atom. The second-order valence-corrected chi connectivity index (χ2v) is 15.9. The van der Waals surface area contributed by atoms with E-state index in [0.717, 1.165) is 9.80 Å². The minimum absolute atomic E-state index is 0.0194. The zero-order chi connectivity index (χ0) is 43.6. The Hall–Kier alpha value is -2.87. The largest absolute Gasteiger partial charge is 0.394 e. The Kier molecular flexibility index (Phi) is 19.8. The van der Waals surface area contributed by atoms with Gasteiger partial charge in [-0.2, -0.15) is 0 Å². The number of hydrogen-bond acceptors (Lipinski definition) is 14. The Balaban J connectivity index is 2.90. The standard InChI is InChI=1S/C34H45I3N6O14/c1-13-22(31(38)54)14(2)29(27(36)24(13)33(56)40-5-16(48)9-44)42(7-18(50)11-46)20(52)4-21(53)43(8-19(51)12-47)30-15(3)23(32(39)55)26(35)25(28(30)37)34(57)41-6-17(49)10-45/h16-19,44-51H,4-12H2,1-3H3,(H2,38,54)(H2,39,55)(H,40,56)(H,41,57). The predicted octanol–water partition coefficient (Wildman–Crippen LogP) is -2.75. The van der Waals surface area contributed by atoms with Gasteiger partial charge in [-0.1, -0.05) is 0 Å². The molecule has 14 N–H and O–H groups in total. The Bertz CT molecular complexity index is 1750.